The molecule has 1 heterocycles. The van der Waals surface area contributed by atoms with Crippen LogP contribution in [0.4, 0.5) is 0 Å². The molecule has 2 amide bonds. The quantitative estimate of drug-likeness (QED) is 0.825. The highest BCUT2D eigenvalue weighted by atomic mass is 35.5. The number of benzene rings is 1. The first-order chi connectivity index (χ1) is 10.9. The number of carbonyl (C=O) groups is 2. The summed E-state index contributed by atoms with van der Waals surface area (Å²) in [6, 6.07) is 4.42. The lowest BCUT2D eigenvalue weighted by Crippen LogP contribution is -2.51. The summed E-state index contributed by atoms with van der Waals surface area (Å²) >= 11 is 12.0. The molecule has 8 heteroatoms. The molecule has 1 fully saturated rings. The van der Waals surface area contributed by atoms with Crippen molar-refractivity contribution in [1.29, 1.82) is 0 Å². The van der Waals surface area contributed by atoms with E-state index in [-0.39, 0.29) is 34.9 Å². The van der Waals surface area contributed by atoms with Gasteiger partial charge >= 0.3 is 0 Å². The Balaban J connectivity index is 0.00000288. The lowest BCUT2D eigenvalue weighted by Gasteiger charge is -2.33. The van der Waals surface area contributed by atoms with Crippen molar-refractivity contribution in [2.75, 3.05) is 20.1 Å². The molecular weight excluding hydrogens is 373 g/mol. The van der Waals surface area contributed by atoms with Gasteiger partial charge in [0.1, 0.15) is 6.04 Å². The van der Waals surface area contributed by atoms with Gasteiger partial charge in [0, 0.05) is 13.1 Å². The van der Waals surface area contributed by atoms with Gasteiger partial charge in [0.15, 0.2) is 0 Å². The van der Waals surface area contributed by atoms with Gasteiger partial charge in [-0.15, -0.1) is 12.4 Å². The second-order valence-corrected chi connectivity index (χ2v) is 6.51. The normalized spacial score (nSPS) is 16.0. The second kappa shape index (κ2) is 9.47. The largest absolute Gasteiger partial charge is 0.341 e. The van der Waals surface area contributed by atoms with Crippen LogP contribution in [0, 0.1) is 0 Å². The Labute approximate surface area is 158 Å². The molecule has 24 heavy (non-hydrogen) atoms. The highest BCUT2D eigenvalue weighted by Crippen LogP contribution is 2.25. The summed E-state index contributed by atoms with van der Waals surface area (Å²) in [7, 11) is 1.79. The highest BCUT2D eigenvalue weighted by Gasteiger charge is 2.27. The van der Waals surface area contributed by atoms with Crippen LogP contribution in [0.25, 0.3) is 0 Å². The molecule has 0 aliphatic carbocycles. The van der Waals surface area contributed by atoms with Gasteiger partial charge in [-0.3, -0.25) is 9.59 Å². The van der Waals surface area contributed by atoms with Crippen LogP contribution in [-0.4, -0.2) is 48.9 Å². The van der Waals surface area contributed by atoms with E-state index in [0.29, 0.717) is 5.02 Å². The van der Waals surface area contributed by atoms with Crippen molar-refractivity contribution in [2.24, 2.45) is 0 Å². The van der Waals surface area contributed by atoms with E-state index in [1.165, 1.54) is 0 Å². The van der Waals surface area contributed by atoms with E-state index >= 15 is 0 Å². The molecule has 1 aliphatic heterocycles. The van der Waals surface area contributed by atoms with Crippen molar-refractivity contribution in [1.82, 2.24) is 15.5 Å². The summed E-state index contributed by atoms with van der Waals surface area (Å²) in [5.74, 6) is -0.513. The van der Waals surface area contributed by atoms with E-state index in [1.807, 2.05) is 0 Å². The zero-order valence-electron chi connectivity index (χ0n) is 13.6. The molecule has 1 aliphatic rings. The molecule has 134 valence electrons. The van der Waals surface area contributed by atoms with Crippen molar-refractivity contribution in [3.8, 4) is 0 Å². The number of nitrogens with one attached hydrogen (secondary N) is 2. The van der Waals surface area contributed by atoms with Crippen LogP contribution < -0.4 is 10.6 Å². The number of hydrogen-bond acceptors (Lipinski definition) is 3. The van der Waals surface area contributed by atoms with E-state index in [1.54, 1.807) is 37.1 Å². The zero-order valence-corrected chi connectivity index (χ0v) is 16.0. The summed E-state index contributed by atoms with van der Waals surface area (Å²) < 4.78 is 0. The summed E-state index contributed by atoms with van der Waals surface area (Å²) in [5, 5.41) is 6.47. The van der Waals surface area contributed by atoms with Crippen LogP contribution in [0.1, 0.15) is 30.1 Å². The molecule has 0 bridgehead atoms. The minimum atomic E-state index is -0.627. The molecule has 1 aromatic carbocycles. The molecular formula is C16H22Cl3N3O2. The minimum Gasteiger partial charge on any atom is -0.341 e. The second-order valence-electron chi connectivity index (χ2n) is 5.73. The summed E-state index contributed by atoms with van der Waals surface area (Å²) in [5.41, 5.74) is 0.267. The SMILES string of the molecule is CC(NC(=O)c1cccc(Cl)c1Cl)C(=O)N(C)C1CCNCC1.Cl. The average Bonchev–Trinajstić information content (AvgIpc) is 2.56. The fourth-order valence-electron chi connectivity index (χ4n) is 2.69. The third-order valence-electron chi connectivity index (χ3n) is 4.12. The summed E-state index contributed by atoms with van der Waals surface area (Å²) in [4.78, 5) is 26.5. The molecule has 1 aromatic rings. The van der Waals surface area contributed by atoms with Crippen molar-refractivity contribution in [3.05, 3.63) is 33.8 Å². The molecule has 0 aromatic heterocycles. The van der Waals surface area contributed by atoms with E-state index in [2.05, 4.69) is 10.6 Å². The Bertz CT molecular complexity index is 592. The standard InChI is InChI=1S/C16H21Cl2N3O2.ClH/c1-10(16(23)21(2)11-6-8-19-9-7-11)20-15(22)12-4-3-5-13(17)14(12)18;/h3-5,10-11,19H,6-9H2,1-2H3,(H,20,22);1H. The molecule has 5 nitrogen and oxygen atoms in total. The smallest absolute Gasteiger partial charge is 0.253 e. The Morgan fingerprint density at radius 1 is 1.29 bits per heavy atom. The van der Waals surface area contributed by atoms with Crippen LogP contribution in [-0.2, 0) is 4.79 Å². The fourth-order valence-corrected chi connectivity index (χ4v) is 3.08. The van der Waals surface area contributed by atoms with Crippen molar-refractivity contribution in [3.63, 3.8) is 0 Å². The molecule has 0 radical (unpaired) electrons. The first-order valence-electron chi connectivity index (χ1n) is 7.64. The predicted molar refractivity (Wildman–Crippen MR) is 99.3 cm³/mol. The maximum atomic E-state index is 12.5. The molecule has 1 unspecified atom stereocenters. The van der Waals surface area contributed by atoms with Crippen molar-refractivity contribution in [2.45, 2.75) is 31.8 Å². The first kappa shape index (κ1) is 21.0. The number of likely N-dealkylation sites (N-methyl/N-ethyl adjacent to an activating group) is 1. The number of halogens is 3. The Morgan fingerprint density at radius 3 is 2.54 bits per heavy atom. The van der Waals surface area contributed by atoms with Crippen LogP contribution in [0.3, 0.4) is 0 Å². The van der Waals surface area contributed by atoms with Crippen molar-refractivity contribution < 1.29 is 9.59 Å². The van der Waals surface area contributed by atoms with Gasteiger partial charge in [-0.2, -0.15) is 0 Å². The lowest BCUT2D eigenvalue weighted by atomic mass is 10.0. The van der Waals surface area contributed by atoms with Crippen LogP contribution >= 0.6 is 35.6 Å². The van der Waals surface area contributed by atoms with E-state index < -0.39 is 11.9 Å². The molecule has 2 rings (SSSR count). The number of amides is 2. The zero-order chi connectivity index (χ0) is 17.0. The van der Waals surface area contributed by atoms with Crippen LogP contribution in [0.5, 0.6) is 0 Å². The van der Waals surface area contributed by atoms with E-state index in [0.717, 1.165) is 25.9 Å². The monoisotopic (exact) mass is 393 g/mol. The van der Waals surface area contributed by atoms with Crippen LogP contribution in [0.2, 0.25) is 10.0 Å². The Morgan fingerprint density at radius 2 is 1.92 bits per heavy atom. The topological polar surface area (TPSA) is 61.4 Å². The van der Waals surface area contributed by atoms with Gasteiger partial charge in [-0.25, -0.2) is 0 Å². The Hall–Kier alpha value is -1.01. The molecule has 0 saturated carbocycles. The number of rotatable bonds is 4. The maximum absolute atomic E-state index is 12.5. The fraction of sp³-hybridized carbons (Fsp3) is 0.500. The van der Waals surface area contributed by atoms with Crippen molar-refractivity contribution >= 4 is 47.4 Å². The average molecular weight is 395 g/mol. The number of nitrogens with zero attached hydrogens (tertiary/aromatic N) is 1. The summed E-state index contributed by atoms with van der Waals surface area (Å²) in [6.45, 7) is 3.48. The van der Waals surface area contributed by atoms with Gasteiger partial charge < -0.3 is 15.5 Å². The summed E-state index contributed by atoms with van der Waals surface area (Å²) in [6.07, 6.45) is 1.84. The maximum Gasteiger partial charge on any atom is 0.253 e. The molecule has 0 spiro atoms. The van der Waals surface area contributed by atoms with Gasteiger partial charge in [0.05, 0.1) is 15.6 Å². The number of carbonyl (C=O) groups excluding carboxylic acids is 2. The van der Waals surface area contributed by atoms with E-state index in [9.17, 15) is 9.59 Å². The Kier molecular flexibility index (Phi) is 8.30. The number of piperidine rings is 1. The van der Waals surface area contributed by atoms with E-state index in [4.69, 9.17) is 23.2 Å². The van der Waals surface area contributed by atoms with Gasteiger partial charge in [0.2, 0.25) is 5.91 Å². The third kappa shape index (κ3) is 4.99. The minimum absolute atomic E-state index is 0. The van der Waals surface area contributed by atoms with Crippen LogP contribution in [0.15, 0.2) is 18.2 Å². The molecule has 1 saturated heterocycles. The first-order valence-corrected chi connectivity index (χ1v) is 8.39. The van der Waals surface area contributed by atoms with Gasteiger partial charge in [0.25, 0.3) is 5.91 Å². The molecule has 2 N–H and O–H groups in total. The lowest BCUT2D eigenvalue weighted by molar-refractivity contribution is -0.134. The van der Waals surface area contributed by atoms with Gasteiger partial charge in [-0.05, 0) is 45.0 Å². The highest BCUT2D eigenvalue weighted by molar-refractivity contribution is 6.43. The van der Waals surface area contributed by atoms with Gasteiger partial charge in [-0.1, -0.05) is 29.3 Å². The number of hydrogen-bond donors (Lipinski definition) is 2. The third-order valence-corrected chi connectivity index (χ3v) is 4.94. The predicted octanol–water partition coefficient (Wildman–Crippen LogP) is 2.74. The molecule has 1 atom stereocenters.